The van der Waals surface area contributed by atoms with Gasteiger partial charge in [-0.05, 0) is 68.1 Å². The van der Waals surface area contributed by atoms with Crippen LogP contribution in [0.25, 0.3) is 0 Å². The van der Waals surface area contributed by atoms with Crippen molar-refractivity contribution in [3.63, 3.8) is 0 Å². The Hall–Kier alpha value is -1.58. The fourth-order valence-electron chi connectivity index (χ4n) is 4.77. The molecule has 1 atom stereocenters. The van der Waals surface area contributed by atoms with Crippen LogP contribution >= 0.6 is 0 Å². The Morgan fingerprint density at radius 2 is 1.79 bits per heavy atom. The van der Waals surface area contributed by atoms with Crippen LogP contribution in [0.15, 0.2) is 24.0 Å². The summed E-state index contributed by atoms with van der Waals surface area (Å²) in [5, 5.41) is 0. The van der Waals surface area contributed by atoms with Crippen molar-refractivity contribution in [1.29, 1.82) is 0 Å². The van der Waals surface area contributed by atoms with E-state index in [0.717, 1.165) is 30.6 Å². The molecule has 1 saturated carbocycles. The Labute approximate surface area is 168 Å². The molecule has 3 rings (SSSR count). The van der Waals surface area contributed by atoms with E-state index in [1.54, 1.807) is 13.0 Å². The number of ether oxygens (including phenoxy) is 2. The van der Waals surface area contributed by atoms with Crippen molar-refractivity contribution in [2.75, 3.05) is 13.2 Å². The van der Waals surface area contributed by atoms with E-state index in [0.29, 0.717) is 30.9 Å². The first-order valence-corrected chi connectivity index (χ1v) is 11.0. The summed E-state index contributed by atoms with van der Waals surface area (Å²) >= 11 is 0. The predicted octanol–water partition coefficient (Wildman–Crippen LogP) is 6.82. The number of halogens is 2. The van der Waals surface area contributed by atoms with Gasteiger partial charge in [-0.15, -0.1) is 0 Å². The summed E-state index contributed by atoms with van der Waals surface area (Å²) in [5.74, 6) is 1.54. The van der Waals surface area contributed by atoms with Crippen LogP contribution in [-0.2, 0) is 11.2 Å². The molecule has 1 aromatic carbocycles. The van der Waals surface area contributed by atoms with E-state index in [2.05, 4.69) is 13.0 Å². The van der Waals surface area contributed by atoms with Gasteiger partial charge < -0.3 is 9.47 Å². The van der Waals surface area contributed by atoms with Gasteiger partial charge in [0.15, 0.2) is 11.6 Å². The van der Waals surface area contributed by atoms with Crippen molar-refractivity contribution in [3.8, 4) is 5.75 Å². The highest BCUT2D eigenvalue weighted by atomic mass is 19.2. The third-order valence-corrected chi connectivity index (χ3v) is 6.45. The Morgan fingerprint density at radius 1 is 1.00 bits per heavy atom. The SMILES string of the molecule is CCCC1CCC(C2CC=C(CCc3ccc(OCC)c(F)c3F)OC2)CC1. The van der Waals surface area contributed by atoms with Crippen LogP contribution in [0.4, 0.5) is 8.78 Å². The summed E-state index contributed by atoms with van der Waals surface area (Å²) in [6, 6.07) is 3.13. The van der Waals surface area contributed by atoms with Crippen LogP contribution in [0, 0.1) is 29.4 Å². The Morgan fingerprint density at radius 3 is 2.43 bits per heavy atom. The van der Waals surface area contributed by atoms with Gasteiger partial charge in [0, 0.05) is 6.42 Å². The lowest BCUT2D eigenvalue weighted by molar-refractivity contribution is 0.0834. The highest BCUT2D eigenvalue weighted by molar-refractivity contribution is 5.31. The van der Waals surface area contributed by atoms with Gasteiger partial charge in [-0.3, -0.25) is 0 Å². The van der Waals surface area contributed by atoms with Crippen LogP contribution in [0.5, 0.6) is 5.75 Å². The normalized spacial score (nSPS) is 25.1. The zero-order valence-electron chi connectivity index (χ0n) is 17.3. The average molecular weight is 393 g/mol. The van der Waals surface area contributed by atoms with Crippen LogP contribution in [0.2, 0.25) is 0 Å². The standard InChI is InChI=1S/C24H34F2O2/c1-3-5-17-6-8-18(9-7-17)20-11-14-21(28-16-20)13-10-19-12-15-22(27-4-2)24(26)23(19)25/h12,14-15,17-18,20H,3-11,13,16H2,1-2H3. The van der Waals surface area contributed by atoms with Crippen LogP contribution < -0.4 is 4.74 Å². The first-order valence-electron chi connectivity index (χ1n) is 11.0. The van der Waals surface area contributed by atoms with E-state index in [4.69, 9.17) is 9.47 Å². The number of hydrogen-bond donors (Lipinski definition) is 0. The van der Waals surface area contributed by atoms with Crippen molar-refractivity contribution in [2.45, 2.75) is 71.6 Å². The second-order valence-electron chi connectivity index (χ2n) is 8.33. The summed E-state index contributed by atoms with van der Waals surface area (Å²) < 4.78 is 39.3. The topological polar surface area (TPSA) is 18.5 Å². The van der Waals surface area contributed by atoms with Gasteiger partial charge in [-0.1, -0.05) is 38.7 Å². The number of aryl methyl sites for hydroxylation is 1. The van der Waals surface area contributed by atoms with Gasteiger partial charge in [0.1, 0.15) is 0 Å². The van der Waals surface area contributed by atoms with Crippen molar-refractivity contribution in [3.05, 3.63) is 41.2 Å². The van der Waals surface area contributed by atoms with E-state index in [9.17, 15) is 8.78 Å². The number of rotatable bonds is 8. The highest BCUT2D eigenvalue weighted by Gasteiger charge is 2.29. The lowest BCUT2D eigenvalue weighted by Gasteiger charge is -2.35. The molecule has 1 aliphatic carbocycles. The number of benzene rings is 1. The molecule has 1 unspecified atom stereocenters. The van der Waals surface area contributed by atoms with Gasteiger partial charge >= 0.3 is 0 Å². The maximum atomic E-state index is 14.2. The fraction of sp³-hybridized carbons (Fsp3) is 0.667. The first kappa shape index (κ1) is 21.1. The summed E-state index contributed by atoms with van der Waals surface area (Å²) in [7, 11) is 0. The van der Waals surface area contributed by atoms with Gasteiger partial charge in [-0.2, -0.15) is 4.39 Å². The molecule has 0 amide bonds. The molecule has 1 aliphatic heterocycles. The molecule has 0 spiro atoms. The largest absolute Gasteiger partial charge is 0.498 e. The molecule has 156 valence electrons. The second kappa shape index (κ2) is 10.3. The lowest BCUT2D eigenvalue weighted by atomic mass is 9.73. The van der Waals surface area contributed by atoms with Crippen molar-refractivity contribution in [1.82, 2.24) is 0 Å². The summed E-state index contributed by atoms with van der Waals surface area (Å²) in [4.78, 5) is 0. The zero-order valence-corrected chi connectivity index (χ0v) is 17.3. The van der Waals surface area contributed by atoms with Crippen molar-refractivity contribution < 1.29 is 18.3 Å². The van der Waals surface area contributed by atoms with Gasteiger partial charge in [0.05, 0.1) is 19.0 Å². The fourth-order valence-corrected chi connectivity index (χ4v) is 4.77. The van der Waals surface area contributed by atoms with E-state index in [1.165, 1.54) is 44.6 Å². The smallest absolute Gasteiger partial charge is 0.200 e. The molecule has 2 aliphatic rings. The second-order valence-corrected chi connectivity index (χ2v) is 8.33. The van der Waals surface area contributed by atoms with E-state index < -0.39 is 11.6 Å². The molecule has 0 saturated heterocycles. The van der Waals surface area contributed by atoms with Gasteiger partial charge in [-0.25, -0.2) is 4.39 Å². The van der Waals surface area contributed by atoms with Crippen LogP contribution in [0.1, 0.15) is 70.8 Å². The van der Waals surface area contributed by atoms with Crippen molar-refractivity contribution in [2.24, 2.45) is 17.8 Å². The molecule has 28 heavy (non-hydrogen) atoms. The predicted molar refractivity (Wildman–Crippen MR) is 108 cm³/mol. The maximum absolute atomic E-state index is 14.2. The van der Waals surface area contributed by atoms with Crippen LogP contribution in [-0.4, -0.2) is 13.2 Å². The lowest BCUT2D eigenvalue weighted by Crippen LogP contribution is -2.27. The maximum Gasteiger partial charge on any atom is 0.200 e. The minimum Gasteiger partial charge on any atom is -0.498 e. The molecule has 1 heterocycles. The molecular formula is C24H34F2O2. The van der Waals surface area contributed by atoms with E-state index >= 15 is 0 Å². The quantitative estimate of drug-likeness (QED) is 0.483. The molecule has 1 fully saturated rings. The van der Waals surface area contributed by atoms with Crippen LogP contribution in [0.3, 0.4) is 0 Å². The number of allylic oxidation sites excluding steroid dienone is 2. The minimum absolute atomic E-state index is 0.0200. The molecule has 4 heteroatoms. The summed E-state index contributed by atoms with van der Waals surface area (Å²) in [6.45, 7) is 5.12. The Bertz CT molecular complexity index is 663. The van der Waals surface area contributed by atoms with Gasteiger partial charge in [0.25, 0.3) is 0 Å². The Kier molecular flexibility index (Phi) is 7.75. The molecule has 0 N–H and O–H groups in total. The molecular weight excluding hydrogens is 358 g/mol. The third-order valence-electron chi connectivity index (χ3n) is 6.45. The monoisotopic (exact) mass is 392 g/mol. The summed E-state index contributed by atoms with van der Waals surface area (Å²) in [6.07, 6.45) is 12.4. The molecule has 1 aromatic rings. The summed E-state index contributed by atoms with van der Waals surface area (Å²) in [5.41, 5.74) is 0.377. The van der Waals surface area contributed by atoms with E-state index in [1.807, 2.05) is 0 Å². The van der Waals surface area contributed by atoms with Gasteiger partial charge in [0.2, 0.25) is 5.82 Å². The third kappa shape index (κ3) is 5.27. The molecule has 0 radical (unpaired) electrons. The minimum atomic E-state index is -0.892. The molecule has 2 nitrogen and oxygen atoms in total. The molecule has 0 aromatic heterocycles. The average Bonchev–Trinajstić information content (AvgIpc) is 2.72. The Balaban J connectivity index is 1.48. The molecule has 0 bridgehead atoms. The number of hydrogen-bond acceptors (Lipinski definition) is 2. The van der Waals surface area contributed by atoms with E-state index in [-0.39, 0.29) is 5.75 Å². The highest BCUT2D eigenvalue weighted by Crippen LogP contribution is 2.38. The van der Waals surface area contributed by atoms with Crippen molar-refractivity contribution >= 4 is 0 Å². The zero-order chi connectivity index (χ0) is 19.9. The first-order chi connectivity index (χ1) is 13.6.